The van der Waals surface area contributed by atoms with Crippen molar-refractivity contribution in [2.24, 2.45) is 0 Å². The molecule has 128 valence electrons. The molecule has 0 saturated carbocycles. The van der Waals surface area contributed by atoms with E-state index in [2.05, 4.69) is 11.4 Å². The van der Waals surface area contributed by atoms with Gasteiger partial charge in [-0.15, -0.1) is 0 Å². The minimum Gasteiger partial charge on any atom is -0.481 e. The van der Waals surface area contributed by atoms with Crippen molar-refractivity contribution in [3.05, 3.63) is 36.1 Å². The third kappa shape index (κ3) is 3.94. The zero-order valence-electron chi connectivity index (χ0n) is 13.5. The number of hydrogen-bond acceptors (Lipinski definition) is 4. The molecule has 1 amide bonds. The summed E-state index contributed by atoms with van der Waals surface area (Å²) in [5, 5.41) is 12.0. The molecule has 0 aromatic heterocycles. The Kier molecular flexibility index (Phi) is 5.15. The van der Waals surface area contributed by atoms with E-state index in [1.165, 1.54) is 0 Å². The molecule has 0 bridgehead atoms. The molecule has 2 aliphatic heterocycles. The molecule has 1 fully saturated rings. The Hall–Kier alpha value is -2.34. The van der Waals surface area contributed by atoms with Crippen LogP contribution < -0.4 is 5.32 Å². The number of carbonyl (C=O) groups is 2. The third-order valence-electron chi connectivity index (χ3n) is 4.41. The molecule has 2 N–H and O–H groups in total. The monoisotopic (exact) mass is 330 g/mol. The number of nitrogens with zero attached hydrogens (tertiary/aromatic N) is 1. The van der Waals surface area contributed by atoms with Crippen molar-refractivity contribution in [1.82, 2.24) is 10.2 Å². The number of carbonyl (C=O) groups excluding carboxylic acids is 1. The van der Waals surface area contributed by atoms with Gasteiger partial charge in [0.2, 0.25) is 5.91 Å². The highest BCUT2D eigenvalue weighted by molar-refractivity contribution is 5.77. The molecule has 6 heteroatoms. The summed E-state index contributed by atoms with van der Waals surface area (Å²) >= 11 is 0. The lowest BCUT2D eigenvalue weighted by molar-refractivity contribution is -0.137. The molecule has 0 radical (unpaired) electrons. The highest BCUT2D eigenvalue weighted by Crippen LogP contribution is 2.25. The fourth-order valence-corrected chi connectivity index (χ4v) is 3.20. The molecule has 24 heavy (non-hydrogen) atoms. The topological polar surface area (TPSA) is 82.8 Å². The van der Waals surface area contributed by atoms with Crippen LogP contribution in [0.3, 0.4) is 0 Å². The summed E-state index contributed by atoms with van der Waals surface area (Å²) in [4.78, 5) is 24.9. The van der Waals surface area contributed by atoms with Crippen LogP contribution in [0.5, 0.6) is 0 Å². The van der Waals surface area contributed by atoms with Crippen LogP contribution in [0, 0.1) is 0 Å². The molecular weight excluding hydrogens is 308 g/mol. The van der Waals surface area contributed by atoms with E-state index in [1.54, 1.807) is 6.26 Å². The van der Waals surface area contributed by atoms with Crippen LogP contribution in [0.2, 0.25) is 0 Å². The van der Waals surface area contributed by atoms with Crippen LogP contribution in [0.1, 0.15) is 24.8 Å². The SMILES string of the molecule is O=C(O)CCCC(=O)N1CCNCC1Cc1coc2cccc-2c1. The summed E-state index contributed by atoms with van der Waals surface area (Å²) in [5.41, 5.74) is 2.13. The zero-order valence-corrected chi connectivity index (χ0v) is 13.5. The van der Waals surface area contributed by atoms with Gasteiger partial charge in [-0.05, 0) is 30.5 Å². The van der Waals surface area contributed by atoms with Gasteiger partial charge >= 0.3 is 5.97 Å². The first-order chi connectivity index (χ1) is 11.6. The van der Waals surface area contributed by atoms with Gasteiger partial charge in [0.25, 0.3) is 0 Å². The van der Waals surface area contributed by atoms with Crippen molar-refractivity contribution in [2.45, 2.75) is 31.7 Å². The molecule has 3 rings (SSSR count). The Morgan fingerprint density at radius 3 is 3.04 bits per heavy atom. The molecule has 0 aromatic carbocycles. The first-order valence-electron chi connectivity index (χ1n) is 8.31. The summed E-state index contributed by atoms with van der Waals surface area (Å²) < 4.78 is 5.62. The number of nitrogens with one attached hydrogen (secondary N) is 1. The molecule has 1 unspecified atom stereocenters. The van der Waals surface area contributed by atoms with Gasteiger partial charge in [-0.25, -0.2) is 0 Å². The van der Waals surface area contributed by atoms with E-state index < -0.39 is 5.97 Å². The first kappa shape index (κ1) is 16.5. The van der Waals surface area contributed by atoms with Gasteiger partial charge in [-0.1, -0.05) is 12.1 Å². The predicted molar refractivity (Wildman–Crippen MR) is 88.9 cm³/mol. The van der Waals surface area contributed by atoms with Crippen LogP contribution in [0.4, 0.5) is 0 Å². The predicted octanol–water partition coefficient (Wildman–Crippen LogP) is 1.98. The van der Waals surface area contributed by atoms with Gasteiger partial charge in [0.1, 0.15) is 5.76 Å². The van der Waals surface area contributed by atoms with E-state index in [4.69, 9.17) is 9.52 Å². The standard InChI is InChI=1S/C18H22N2O4/c21-17(5-2-6-18(22)23)20-8-7-19-11-15(20)10-13-9-14-3-1-4-16(14)24-12-13/h1,3-4,9,12,15,19H,2,5-8,10-11H2,(H,22,23). The van der Waals surface area contributed by atoms with Gasteiger partial charge in [0.05, 0.1) is 6.26 Å². The molecule has 1 atom stereocenters. The highest BCUT2D eigenvalue weighted by atomic mass is 16.4. The molecule has 6 nitrogen and oxygen atoms in total. The Labute approximate surface area is 140 Å². The van der Waals surface area contributed by atoms with Crippen LogP contribution in [0.15, 0.2) is 34.9 Å². The fraction of sp³-hybridized carbons (Fsp3) is 0.444. The Bertz CT molecular complexity index is 681. The largest absolute Gasteiger partial charge is 0.481 e. The van der Waals surface area contributed by atoms with Crippen LogP contribution >= 0.6 is 0 Å². The van der Waals surface area contributed by atoms with Crippen molar-refractivity contribution >= 4 is 11.9 Å². The van der Waals surface area contributed by atoms with E-state index in [-0.39, 0.29) is 24.8 Å². The maximum atomic E-state index is 12.4. The second-order valence-corrected chi connectivity index (χ2v) is 6.20. The second-order valence-electron chi connectivity index (χ2n) is 6.20. The third-order valence-corrected chi connectivity index (χ3v) is 4.41. The normalized spacial score (nSPS) is 18.0. The zero-order chi connectivity index (χ0) is 16.9. The van der Waals surface area contributed by atoms with Crippen molar-refractivity contribution in [3.63, 3.8) is 0 Å². The lowest BCUT2D eigenvalue weighted by atomic mass is 10.0. The molecular formula is C18H22N2O4. The van der Waals surface area contributed by atoms with Crippen LogP contribution in [0.25, 0.3) is 11.3 Å². The van der Waals surface area contributed by atoms with E-state index in [9.17, 15) is 9.59 Å². The molecule has 1 saturated heterocycles. The van der Waals surface area contributed by atoms with Crippen molar-refractivity contribution in [2.75, 3.05) is 19.6 Å². The molecule has 1 aliphatic carbocycles. The number of carboxylic acid groups (broad SMARTS) is 1. The van der Waals surface area contributed by atoms with Crippen molar-refractivity contribution in [3.8, 4) is 11.3 Å². The average Bonchev–Trinajstić information content (AvgIpc) is 3.02. The van der Waals surface area contributed by atoms with Crippen LogP contribution in [-0.2, 0) is 16.0 Å². The van der Waals surface area contributed by atoms with E-state index in [0.29, 0.717) is 13.0 Å². The number of amides is 1. The van der Waals surface area contributed by atoms with Crippen LogP contribution in [-0.4, -0.2) is 47.6 Å². The summed E-state index contributed by atoms with van der Waals surface area (Å²) in [6, 6.07) is 8.06. The second kappa shape index (κ2) is 7.49. The molecule has 0 aromatic rings. The van der Waals surface area contributed by atoms with Gasteiger partial charge in [0, 0.05) is 44.1 Å². The smallest absolute Gasteiger partial charge is 0.303 e. The maximum absolute atomic E-state index is 12.4. The molecule has 3 aliphatic rings. The minimum absolute atomic E-state index is 0.0362. The molecule has 0 spiro atoms. The van der Waals surface area contributed by atoms with Gasteiger partial charge < -0.3 is 19.7 Å². The highest BCUT2D eigenvalue weighted by Gasteiger charge is 2.26. The van der Waals surface area contributed by atoms with Gasteiger partial charge in [-0.2, -0.15) is 0 Å². The average molecular weight is 330 g/mol. The minimum atomic E-state index is -0.857. The number of piperazine rings is 1. The fourth-order valence-electron chi connectivity index (χ4n) is 3.20. The lowest BCUT2D eigenvalue weighted by Gasteiger charge is -2.36. The van der Waals surface area contributed by atoms with Crippen molar-refractivity contribution in [1.29, 1.82) is 0 Å². The van der Waals surface area contributed by atoms with E-state index >= 15 is 0 Å². The Balaban J connectivity index is 1.64. The summed E-state index contributed by atoms with van der Waals surface area (Å²) in [6.07, 6.45) is 3.19. The van der Waals surface area contributed by atoms with E-state index in [0.717, 1.165) is 36.4 Å². The number of carboxylic acids is 1. The lowest BCUT2D eigenvalue weighted by Crippen LogP contribution is -2.54. The Morgan fingerprint density at radius 1 is 1.33 bits per heavy atom. The quantitative estimate of drug-likeness (QED) is 0.846. The number of aliphatic carboxylic acids is 1. The number of fused-ring (bicyclic) bond motifs is 1. The summed E-state index contributed by atoms with van der Waals surface area (Å²) in [7, 11) is 0. The number of hydrogen-bond donors (Lipinski definition) is 2. The van der Waals surface area contributed by atoms with Gasteiger partial charge in [0.15, 0.2) is 0 Å². The van der Waals surface area contributed by atoms with Gasteiger partial charge in [-0.3, -0.25) is 9.59 Å². The van der Waals surface area contributed by atoms with Crippen molar-refractivity contribution < 1.29 is 19.1 Å². The number of rotatable bonds is 6. The molecule has 2 heterocycles. The first-order valence-corrected chi connectivity index (χ1v) is 8.31. The summed E-state index contributed by atoms with van der Waals surface area (Å²) in [5.74, 6) is 0.0421. The van der Waals surface area contributed by atoms with E-state index in [1.807, 2.05) is 23.1 Å². The summed E-state index contributed by atoms with van der Waals surface area (Å²) in [6.45, 7) is 2.17. The Morgan fingerprint density at radius 2 is 2.21 bits per heavy atom. The maximum Gasteiger partial charge on any atom is 0.303 e.